The van der Waals surface area contributed by atoms with Gasteiger partial charge in [0.1, 0.15) is 0 Å². The Morgan fingerprint density at radius 2 is 2.23 bits per heavy atom. The Hall–Kier alpha value is -0.580. The summed E-state index contributed by atoms with van der Waals surface area (Å²) in [7, 11) is 0. The Labute approximate surface area is 88.1 Å². The van der Waals surface area contributed by atoms with E-state index >= 15 is 0 Å². The van der Waals surface area contributed by atoms with Crippen molar-refractivity contribution in [2.24, 2.45) is 0 Å². The molecule has 0 atom stereocenters. The molecule has 0 saturated carbocycles. The van der Waals surface area contributed by atoms with E-state index in [1.807, 2.05) is 18.2 Å². The van der Waals surface area contributed by atoms with Crippen LogP contribution >= 0.6 is 27.3 Å². The summed E-state index contributed by atoms with van der Waals surface area (Å²) < 4.78 is 2.04. The molecule has 0 radical (unpaired) electrons. The first-order valence-electron chi connectivity index (χ1n) is 3.80. The average molecular weight is 258 g/mol. The molecule has 4 heteroatoms. The second-order valence-electron chi connectivity index (χ2n) is 2.74. The van der Waals surface area contributed by atoms with Crippen molar-refractivity contribution in [3.05, 3.63) is 27.5 Å². The predicted molar refractivity (Wildman–Crippen MR) is 59.9 cm³/mol. The van der Waals surface area contributed by atoms with Gasteiger partial charge in [-0.2, -0.15) is 0 Å². The molecule has 0 aliphatic heterocycles. The van der Waals surface area contributed by atoms with E-state index in [2.05, 4.69) is 15.9 Å². The van der Waals surface area contributed by atoms with E-state index in [0.29, 0.717) is 0 Å². The molecular formula is C9H8BrNOS. The van der Waals surface area contributed by atoms with Gasteiger partial charge in [-0.15, -0.1) is 11.3 Å². The Balaban J connectivity index is 2.87. The van der Waals surface area contributed by atoms with Crippen LogP contribution in [0.4, 0.5) is 5.69 Å². The first kappa shape index (κ1) is 8.99. The number of halogens is 1. The van der Waals surface area contributed by atoms with Crippen molar-refractivity contribution in [1.82, 2.24) is 0 Å². The molecule has 0 unspecified atom stereocenters. The molecule has 0 amide bonds. The number of nitrogens with two attached hydrogens (primary N) is 1. The summed E-state index contributed by atoms with van der Waals surface area (Å²) in [6, 6.07) is 5.81. The zero-order chi connectivity index (χ0) is 9.42. The summed E-state index contributed by atoms with van der Waals surface area (Å²) in [6.45, 7) is 0.0325. The highest BCUT2D eigenvalue weighted by Crippen LogP contribution is 2.39. The van der Waals surface area contributed by atoms with Gasteiger partial charge < -0.3 is 10.8 Å². The van der Waals surface area contributed by atoms with Crippen molar-refractivity contribution in [2.75, 3.05) is 5.73 Å². The van der Waals surface area contributed by atoms with Crippen LogP contribution in [0.25, 0.3) is 10.1 Å². The molecule has 1 aromatic carbocycles. The second kappa shape index (κ2) is 3.29. The van der Waals surface area contributed by atoms with E-state index in [9.17, 15) is 0 Å². The summed E-state index contributed by atoms with van der Waals surface area (Å²) in [5, 5.41) is 10.1. The quantitative estimate of drug-likeness (QED) is 0.826. The number of anilines is 1. The minimum atomic E-state index is 0.0325. The molecule has 3 N–H and O–H groups in total. The molecule has 0 fully saturated rings. The highest BCUT2D eigenvalue weighted by atomic mass is 79.9. The molecule has 2 rings (SSSR count). The molecule has 13 heavy (non-hydrogen) atoms. The summed E-state index contributed by atoms with van der Waals surface area (Å²) in [4.78, 5) is 0. The Morgan fingerprint density at radius 3 is 2.92 bits per heavy atom. The molecule has 0 aliphatic rings. The number of rotatable bonds is 1. The lowest BCUT2D eigenvalue weighted by Crippen LogP contribution is -1.88. The van der Waals surface area contributed by atoms with Crippen molar-refractivity contribution in [1.29, 1.82) is 0 Å². The summed E-state index contributed by atoms with van der Waals surface area (Å²) in [6.07, 6.45) is 0. The maximum absolute atomic E-state index is 9.10. The molecule has 0 spiro atoms. The molecule has 2 aromatic rings. The first-order valence-corrected chi connectivity index (χ1v) is 5.41. The maximum Gasteiger partial charge on any atom is 0.0940 e. The van der Waals surface area contributed by atoms with Gasteiger partial charge in [0.05, 0.1) is 16.1 Å². The van der Waals surface area contributed by atoms with Gasteiger partial charge in [-0.1, -0.05) is 12.1 Å². The van der Waals surface area contributed by atoms with Gasteiger partial charge in [0.15, 0.2) is 0 Å². The van der Waals surface area contributed by atoms with Gasteiger partial charge in [-0.25, -0.2) is 0 Å². The van der Waals surface area contributed by atoms with Crippen LogP contribution in [0.1, 0.15) is 5.56 Å². The van der Waals surface area contributed by atoms with Gasteiger partial charge in [-0.05, 0) is 27.6 Å². The van der Waals surface area contributed by atoms with Crippen molar-refractivity contribution >= 4 is 43.0 Å². The van der Waals surface area contributed by atoms with E-state index in [0.717, 1.165) is 25.1 Å². The highest BCUT2D eigenvalue weighted by Gasteiger charge is 2.09. The largest absolute Gasteiger partial charge is 0.397 e. The molecule has 0 bridgehead atoms. The van der Waals surface area contributed by atoms with Gasteiger partial charge in [0.2, 0.25) is 0 Å². The van der Waals surface area contributed by atoms with Gasteiger partial charge in [0, 0.05) is 10.1 Å². The van der Waals surface area contributed by atoms with Crippen LogP contribution in [0, 0.1) is 0 Å². The topological polar surface area (TPSA) is 46.2 Å². The fraction of sp³-hybridized carbons (Fsp3) is 0.111. The van der Waals surface area contributed by atoms with Crippen LogP contribution in [0.2, 0.25) is 0 Å². The Morgan fingerprint density at radius 1 is 1.46 bits per heavy atom. The lowest BCUT2D eigenvalue weighted by Gasteiger charge is -1.99. The van der Waals surface area contributed by atoms with Crippen molar-refractivity contribution in [3.63, 3.8) is 0 Å². The smallest absolute Gasteiger partial charge is 0.0940 e. The maximum atomic E-state index is 9.10. The van der Waals surface area contributed by atoms with E-state index in [1.54, 1.807) is 11.3 Å². The molecule has 0 saturated heterocycles. The van der Waals surface area contributed by atoms with E-state index < -0.39 is 0 Å². The zero-order valence-corrected chi connectivity index (χ0v) is 9.15. The fourth-order valence-electron chi connectivity index (χ4n) is 1.35. The normalized spacial score (nSPS) is 10.9. The monoisotopic (exact) mass is 257 g/mol. The van der Waals surface area contributed by atoms with Crippen molar-refractivity contribution in [3.8, 4) is 0 Å². The van der Waals surface area contributed by atoms with Crippen LogP contribution < -0.4 is 5.73 Å². The Bertz CT molecular complexity index is 452. The number of aliphatic hydroxyl groups excluding tert-OH is 1. The fourth-order valence-corrected chi connectivity index (χ4v) is 2.97. The zero-order valence-electron chi connectivity index (χ0n) is 6.75. The number of fused-ring (bicyclic) bond motifs is 1. The lowest BCUT2D eigenvalue weighted by atomic mass is 10.1. The number of hydrogen-bond acceptors (Lipinski definition) is 3. The average Bonchev–Trinajstić information content (AvgIpc) is 2.43. The third-order valence-electron chi connectivity index (χ3n) is 1.96. The summed E-state index contributed by atoms with van der Waals surface area (Å²) >= 11 is 4.97. The van der Waals surface area contributed by atoms with Crippen LogP contribution in [-0.4, -0.2) is 5.11 Å². The van der Waals surface area contributed by atoms with Crippen molar-refractivity contribution < 1.29 is 5.11 Å². The molecule has 0 aliphatic carbocycles. The number of benzene rings is 1. The van der Waals surface area contributed by atoms with Crippen LogP contribution in [-0.2, 0) is 6.61 Å². The van der Waals surface area contributed by atoms with Gasteiger partial charge in [-0.3, -0.25) is 0 Å². The summed E-state index contributed by atoms with van der Waals surface area (Å²) in [5.41, 5.74) is 7.48. The van der Waals surface area contributed by atoms with Crippen LogP contribution in [0.15, 0.2) is 22.0 Å². The number of thiophene rings is 1. The predicted octanol–water partition coefficient (Wildman–Crippen LogP) is 2.74. The van der Waals surface area contributed by atoms with Crippen LogP contribution in [0.5, 0.6) is 0 Å². The number of aliphatic hydroxyl groups is 1. The van der Waals surface area contributed by atoms with E-state index in [1.165, 1.54) is 0 Å². The first-order chi connectivity index (χ1) is 6.24. The van der Waals surface area contributed by atoms with Gasteiger partial charge in [0.25, 0.3) is 0 Å². The van der Waals surface area contributed by atoms with Gasteiger partial charge >= 0.3 is 0 Å². The third kappa shape index (κ3) is 1.35. The molecular weight excluding hydrogens is 250 g/mol. The SMILES string of the molecule is Nc1c(Br)sc2cccc(CO)c12. The molecule has 2 nitrogen and oxygen atoms in total. The molecule has 1 heterocycles. The molecule has 68 valence electrons. The minimum absolute atomic E-state index is 0.0325. The Kier molecular flexibility index (Phi) is 2.27. The molecule has 1 aromatic heterocycles. The third-order valence-corrected chi connectivity index (χ3v) is 3.84. The lowest BCUT2D eigenvalue weighted by molar-refractivity contribution is 0.283. The van der Waals surface area contributed by atoms with Crippen LogP contribution in [0.3, 0.4) is 0 Å². The van der Waals surface area contributed by atoms with E-state index in [4.69, 9.17) is 10.8 Å². The number of hydrogen-bond donors (Lipinski definition) is 2. The standard InChI is InChI=1S/C9H8BrNOS/c10-9-8(11)7-5(4-12)2-1-3-6(7)13-9/h1-3,12H,4,11H2. The minimum Gasteiger partial charge on any atom is -0.397 e. The van der Waals surface area contributed by atoms with E-state index in [-0.39, 0.29) is 6.61 Å². The second-order valence-corrected chi connectivity index (χ2v) is 5.11. The number of nitrogen functional groups attached to an aromatic ring is 1. The van der Waals surface area contributed by atoms with Crippen molar-refractivity contribution in [2.45, 2.75) is 6.61 Å². The summed E-state index contributed by atoms with van der Waals surface area (Å²) in [5.74, 6) is 0. The highest BCUT2D eigenvalue weighted by molar-refractivity contribution is 9.11.